The van der Waals surface area contributed by atoms with Crippen LogP contribution in [0.5, 0.6) is 0 Å². The molecule has 1 fully saturated rings. The Morgan fingerprint density at radius 3 is 2.76 bits per heavy atom. The van der Waals surface area contributed by atoms with E-state index in [1.165, 1.54) is 18.2 Å². The van der Waals surface area contributed by atoms with E-state index >= 15 is 0 Å². The Balaban J connectivity index is 0.00000225. The van der Waals surface area contributed by atoms with Gasteiger partial charge in [-0.25, -0.2) is 0 Å². The first-order chi connectivity index (χ1) is 11.7. The maximum absolute atomic E-state index is 12.6. The van der Waals surface area contributed by atoms with Crippen molar-refractivity contribution in [3.63, 3.8) is 0 Å². The fraction of sp³-hybridized carbons (Fsp3) is 0.556. The van der Waals surface area contributed by atoms with Crippen LogP contribution in [0, 0.1) is 5.92 Å². The molecule has 25 heavy (non-hydrogen) atoms. The van der Waals surface area contributed by atoms with Gasteiger partial charge in [0.1, 0.15) is 0 Å². The van der Waals surface area contributed by atoms with Crippen LogP contribution in [0.2, 0.25) is 0 Å². The first-order valence-electron chi connectivity index (χ1n) is 8.66. The smallest absolute Gasteiger partial charge is 0.238 e. The van der Waals surface area contributed by atoms with Crippen molar-refractivity contribution >= 4 is 41.7 Å². The predicted molar refractivity (Wildman–Crippen MR) is 104 cm³/mol. The number of fused-ring (bicyclic) bond motifs is 1. The summed E-state index contributed by atoms with van der Waals surface area (Å²) in [5.41, 5.74) is 0.849. The molecule has 0 spiro atoms. The van der Waals surface area contributed by atoms with Gasteiger partial charge in [-0.2, -0.15) is 0 Å². The molecule has 138 valence electrons. The summed E-state index contributed by atoms with van der Waals surface area (Å²) in [6.07, 6.45) is 3.60. The van der Waals surface area contributed by atoms with E-state index < -0.39 is 0 Å². The van der Waals surface area contributed by atoms with Crippen molar-refractivity contribution in [3.05, 3.63) is 24.3 Å². The third-order valence-corrected chi connectivity index (χ3v) is 6.11. The third kappa shape index (κ3) is 5.12. The van der Waals surface area contributed by atoms with E-state index in [4.69, 9.17) is 0 Å². The lowest BCUT2D eigenvalue weighted by Crippen LogP contribution is -2.41. The number of benzene rings is 1. The first kappa shape index (κ1) is 20.1. The number of nitrogens with one attached hydrogen (secondary N) is 2. The quantitative estimate of drug-likeness (QED) is 0.820. The first-order valence-corrected chi connectivity index (χ1v) is 9.54. The second-order valence-corrected chi connectivity index (χ2v) is 7.76. The van der Waals surface area contributed by atoms with Gasteiger partial charge in [0.25, 0.3) is 0 Å². The zero-order chi connectivity index (χ0) is 16.9. The van der Waals surface area contributed by atoms with Gasteiger partial charge in [-0.3, -0.25) is 9.59 Å². The van der Waals surface area contributed by atoms with Crippen LogP contribution in [0.3, 0.4) is 0 Å². The van der Waals surface area contributed by atoms with Crippen LogP contribution >= 0.6 is 24.2 Å². The molecular weight excluding hydrogens is 358 g/mol. The van der Waals surface area contributed by atoms with Crippen molar-refractivity contribution in [1.29, 1.82) is 0 Å². The van der Waals surface area contributed by atoms with E-state index in [1.54, 1.807) is 0 Å². The van der Waals surface area contributed by atoms with Crippen LogP contribution in [-0.2, 0) is 9.59 Å². The minimum Gasteiger partial charge on any atom is -0.343 e. The molecule has 7 heteroatoms. The van der Waals surface area contributed by atoms with E-state index in [0.717, 1.165) is 43.1 Å². The maximum atomic E-state index is 12.6. The van der Waals surface area contributed by atoms with Crippen LogP contribution in [0.15, 0.2) is 29.2 Å². The number of amides is 2. The van der Waals surface area contributed by atoms with Crippen LogP contribution in [0.1, 0.15) is 25.7 Å². The van der Waals surface area contributed by atoms with Gasteiger partial charge in [0.2, 0.25) is 11.8 Å². The molecule has 0 radical (unpaired) electrons. The number of carbonyl (C=O) groups excluding carboxylic acids is 2. The van der Waals surface area contributed by atoms with Gasteiger partial charge in [-0.05, 0) is 50.9 Å². The summed E-state index contributed by atoms with van der Waals surface area (Å²) in [5, 5.41) is 5.77. The summed E-state index contributed by atoms with van der Waals surface area (Å²) in [6, 6.07) is 7.75. The Labute approximate surface area is 159 Å². The summed E-state index contributed by atoms with van der Waals surface area (Å²) >= 11 is 1.50. The molecule has 2 aliphatic rings. The van der Waals surface area contributed by atoms with Gasteiger partial charge >= 0.3 is 0 Å². The molecule has 0 aromatic heterocycles. The van der Waals surface area contributed by atoms with Gasteiger partial charge in [0.05, 0.1) is 10.9 Å². The Bertz CT molecular complexity index is 606. The molecule has 2 aliphatic heterocycles. The van der Waals surface area contributed by atoms with Gasteiger partial charge in [0, 0.05) is 24.4 Å². The molecule has 5 nitrogen and oxygen atoms in total. The molecule has 0 saturated carbocycles. The molecule has 1 atom stereocenters. The predicted octanol–water partition coefficient (Wildman–Crippen LogP) is 2.76. The van der Waals surface area contributed by atoms with Crippen molar-refractivity contribution < 1.29 is 9.59 Å². The number of hydrogen-bond donors (Lipinski definition) is 2. The molecule has 3 rings (SSSR count). The number of para-hydroxylation sites is 1. The van der Waals surface area contributed by atoms with E-state index in [9.17, 15) is 9.59 Å². The second kappa shape index (κ2) is 9.46. The van der Waals surface area contributed by atoms with Crippen LogP contribution < -0.4 is 10.6 Å². The topological polar surface area (TPSA) is 61.4 Å². The maximum Gasteiger partial charge on any atom is 0.238 e. The molecule has 2 heterocycles. The number of hydrogen-bond acceptors (Lipinski definition) is 4. The van der Waals surface area contributed by atoms with Crippen LogP contribution in [0.25, 0.3) is 0 Å². The van der Waals surface area contributed by atoms with Crippen molar-refractivity contribution in [1.82, 2.24) is 10.2 Å². The molecule has 1 unspecified atom stereocenters. The fourth-order valence-corrected chi connectivity index (χ4v) is 4.44. The Morgan fingerprint density at radius 1 is 1.32 bits per heavy atom. The zero-order valence-corrected chi connectivity index (χ0v) is 16.1. The van der Waals surface area contributed by atoms with Crippen molar-refractivity contribution in [2.75, 3.05) is 32.0 Å². The van der Waals surface area contributed by atoms with Crippen molar-refractivity contribution in [2.45, 2.75) is 35.8 Å². The Kier molecular flexibility index (Phi) is 7.59. The standard InChI is InChI=1S/C18H25N3O2S.ClH/c1-19-9-6-13-7-10-21(11-8-13)17(22)12-16-18(23)20-14-4-2-3-5-15(14)24-16;/h2-5,13,16,19H,6-12H2,1H3,(H,20,23);1H. The summed E-state index contributed by atoms with van der Waals surface area (Å²) in [7, 11) is 1.98. The SMILES string of the molecule is CNCCC1CCN(C(=O)CC2Sc3ccccc3NC2=O)CC1.Cl. The summed E-state index contributed by atoms with van der Waals surface area (Å²) in [5.74, 6) is 0.755. The third-order valence-electron chi connectivity index (χ3n) is 4.84. The number of rotatable bonds is 5. The average molecular weight is 384 g/mol. The number of likely N-dealkylation sites (tertiary alicyclic amines) is 1. The van der Waals surface area contributed by atoms with Crippen molar-refractivity contribution in [2.24, 2.45) is 5.92 Å². The lowest BCUT2D eigenvalue weighted by atomic mass is 9.93. The average Bonchev–Trinajstić information content (AvgIpc) is 2.61. The minimum absolute atomic E-state index is 0. The largest absolute Gasteiger partial charge is 0.343 e. The molecule has 1 aromatic carbocycles. The van der Waals surface area contributed by atoms with Crippen molar-refractivity contribution in [3.8, 4) is 0 Å². The van der Waals surface area contributed by atoms with Gasteiger partial charge in [0.15, 0.2) is 0 Å². The normalized spacial score (nSPS) is 20.4. The lowest BCUT2D eigenvalue weighted by Gasteiger charge is -2.33. The Hall–Kier alpha value is -1.24. The molecule has 0 bridgehead atoms. The van der Waals surface area contributed by atoms with Crippen LogP contribution in [-0.4, -0.2) is 48.6 Å². The minimum atomic E-state index is -0.325. The number of piperidine rings is 1. The van der Waals surface area contributed by atoms with E-state index in [2.05, 4.69) is 10.6 Å². The number of thioether (sulfide) groups is 1. The summed E-state index contributed by atoms with van der Waals surface area (Å²) in [4.78, 5) is 27.8. The number of carbonyl (C=O) groups is 2. The summed E-state index contributed by atoms with van der Waals surface area (Å²) < 4.78 is 0. The van der Waals surface area contributed by atoms with Gasteiger partial charge in [-0.1, -0.05) is 12.1 Å². The molecule has 1 saturated heterocycles. The lowest BCUT2D eigenvalue weighted by molar-refractivity contribution is -0.133. The highest BCUT2D eigenvalue weighted by atomic mass is 35.5. The van der Waals surface area contributed by atoms with E-state index in [0.29, 0.717) is 5.92 Å². The highest BCUT2D eigenvalue weighted by molar-refractivity contribution is 8.01. The van der Waals surface area contributed by atoms with Crippen LogP contribution in [0.4, 0.5) is 5.69 Å². The Morgan fingerprint density at radius 2 is 2.04 bits per heavy atom. The monoisotopic (exact) mass is 383 g/mol. The van der Waals surface area contributed by atoms with Gasteiger partial charge in [-0.15, -0.1) is 24.2 Å². The number of halogens is 1. The van der Waals surface area contributed by atoms with E-state index in [-0.39, 0.29) is 35.9 Å². The zero-order valence-electron chi connectivity index (χ0n) is 14.5. The molecule has 2 amide bonds. The number of nitrogens with zero attached hydrogens (tertiary/aromatic N) is 1. The highest BCUT2D eigenvalue weighted by Crippen LogP contribution is 2.37. The highest BCUT2D eigenvalue weighted by Gasteiger charge is 2.31. The molecule has 0 aliphatic carbocycles. The number of anilines is 1. The van der Waals surface area contributed by atoms with E-state index in [1.807, 2.05) is 36.2 Å². The fourth-order valence-electron chi connectivity index (χ4n) is 3.33. The summed E-state index contributed by atoms with van der Waals surface area (Å²) in [6.45, 7) is 2.68. The second-order valence-electron chi connectivity index (χ2n) is 6.51. The molecular formula is C18H26ClN3O2S. The van der Waals surface area contributed by atoms with Gasteiger partial charge < -0.3 is 15.5 Å². The molecule has 2 N–H and O–H groups in total. The molecule has 1 aromatic rings.